The Kier molecular flexibility index (Phi) is 4.27. The maximum absolute atomic E-state index is 11.5. The first-order valence-corrected chi connectivity index (χ1v) is 7.94. The van der Waals surface area contributed by atoms with Gasteiger partial charge in [0.15, 0.2) is 5.69 Å². The van der Waals surface area contributed by atoms with Crippen molar-refractivity contribution in [2.75, 3.05) is 0 Å². The number of primary amides is 1. The fourth-order valence-electron chi connectivity index (χ4n) is 2.49. The molecule has 128 valence electrons. The molecule has 0 aliphatic heterocycles. The second kappa shape index (κ2) is 6.39. The van der Waals surface area contributed by atoms with E-state index < -0.39 is 5.91 Å². The SMILES string of the molecule is CC(C)(C)c1cccc(Oc2ccccc2-c2n[nH]nc2C(N)=O)c1. The average molecular weight is 336 g/mol. The van der Waals surface area contributed by atoms with Crippen molar-refractivity contribution in [1.82, 2.24) is 15.4 Å². The van der Waals surface area contributed by atoms with Crippen LogP contribution < -0.4 is 10.5 Å². The number of benzene rings is 2. The molecular weight excluding hydrogens is 316 g/mol. The molecule has 6 heteroatoms. The van der Waals surface area contributed by atoms with Crippen LogP contribution in [-0.2, 0) is 5.41 Å². The van der Waals surface area contributed by atoms with Crippen LogP contribution in [0.3, 0.4) is 0 Å². The minimum atomic E-state index is -0.645. The molecular formula is C19H20N4O2. The molecule has 0 spiro atoms. The summed E-state index contributed by atoms with van der Waals surface area (Å²) >= 11 is 0. The number of H-pyrrole nitrogens is 1. The molecule has 1 amide bonds. The molecule has 3 rings (SSSR count). The molecule has 0 radical (unpaired) electrons. The summed E-state index contributed by atoms with van der Waals surface area (Å²) in [5.74, 6) is 0.641. The Morgan fingerprint density at radius 1 is 1.08 bits per heavy atom. The lowest BCUT2D eigenvalue weighted by atomic mass is 9.87. The van der Waals surface area contributed by atoms with Gasteiger partial charge in [0.25, 0.3) is 5.91 Å². The van der Waals surface area contributed by atoms with Crippen molar-refractivity contribution in [3.05, 3.63) is 59.8 Å². The number of ether oxygens (including phenoxy) is 1. The largest absolute Gasteiger partial charge is 0.457 e. The number of para-hydroxylation sites is 1. The maximum atomic E-state index is 11.5. The van der Waals surface area contributed by atoms with Crippen molar-refractivity contribution in [2.45, 2.75) is 26.2 Å². The van der Waals surface area contributed by atoms with Gasteiger partial charge in [0.2, 0.25) is 0 Å². The quantitative estimate of drug-likeness (QED) is 0.760. The minimum Gasteiger partial charge on any atom is -0.457 e. The molecule has 0 saturated carbocycles. The van der Waals surface area contributed by atoms with Crippen LogP contribution in [0.25, 0.3) is 11.3 Å². The van der Waals surface area contributed by atoms with Gasteiger partial charge in [-0.05, 0) is 35.2 Å². The third-order valence-corrected chi connectivity index (χ3v) is 3.85. The fraction of sp³-hybridized carbons (Fsp3) is 0.211. The van der Waals surface area contributed by atoms with Crippen molar-refractivity contribution in [3.8, 4) is 22.8 Å². The van der Waals surface area contributed by atoms with Crippen LogP contribution in [-0.4, -0.2) is 21.3 Å². The van der Waals surface area contributed by atoms with Gasteiger partial charge in [-0.15, -0.1) is 0 Å². The third-order valence-electron chi connectivity index (χ3n) is 3.85. The Bertz CT molecular complexity index is 910. The van der Waals surface area contributed by atoms with E-state index in [1.165, 1.54) is 5.56 Å². The zero-order valence-corrected chi connectivity index (χ0v) is 14.4. The summed E-state index contributed by atoms with van der Waals surface area (Å²) in [6.45, 7) is 6.44. The number of aromatic nitrogens is 3. The Labute approximate surface area is 146 Å². The topological polar surface area (TPSA) is 93.9 Å². The number of aromatic amines is 1. The first-order valence-electron chi connectivity index (χ1n) is 7.94. The molecule has 0 aliphatic rings. The van der Waals surface area contributed by atoms with Gasteiger partial charge in [0, 0.05) is 5.56 Å². The zero-order valence-electron chi connectivity index (χ0n) is 14.4. The molecule has 0 saturated heterocycles. The molecule has 2 aromatic carbocycles. The van der Waals surface area contributed by atoms with Gasteiger partial charge in [-0.2, -0.15) is 15.4 Å². The first kappa shape index (κ1) is 16.7. The molecule has 6 nitrogen and oxygen atoms in total. The lowest BCUT2D eigenvalue weighted by molar-refractivity contribution is 0.0996. The van der Waals surface area contributed by atoms with Crippen LogP contribution in [0.4, 0.5) is 0 Å². The Hall–Kier alpha value is -3.15. The summed E-state index contributed by atoms with van der Waals surface area (Å²) < 4.78 is 6.07. The molecule has 1 heterocycles. The Morgan fingerprint density at radius 2 is 1.84 bits per heavy atom. The molecule has 0 fully saturated rings. The van der Waals surface area contributed by atoms with E-state index in [-0.39, 0.29) is 11.1 Å². The van der Waals surface area contributed by atoms with Gasteiger partial charge in [0.05, 0.1) is 0 Å². The lowest BCUT2D eigenvalue weighted by Crippen LogP contribution is -2.13. The summed E-state index contributed by atoms with van der Waals surface area (Å²) in [6, 6.07) is 15.3. The van der Waals surface area contributed by atoms with Crippen molar-refractivity contribution >= 4 is 5.91 Å². The van der Waals surface area contributed by atoms with Gasteiger partial charge >= 0.3 is 0 Å². The van der Waals surface area contributed by atoms with Gasteiger partial charge in [-0.25, -0.2) is 0 Å². The summed E-state index contributed by atoms with van der Waals surface area (Å²) in [7, 11) is 0. The fourth-order valence-corrected chi connectivity index (χ4v) is 2.49. The number of hydrogen-bond acceptors (Lipinski definition) is 4. The molecule has 1 aromatic heterocycles. The van der Waals surface area contributed by atoms with Crippen molar-refractivity contribution in [3.63, 3.8) is 0 Å². The number of hydrogen-bond donors (Lipinski definition) is 2. The zero-order chi connectivity index (χ0) is 18.0. The summed E-state index contributed by atoms with van der Waals surface area (Å²) in [5.41, 5.74) is 7.65. The van der Waals surface area contributed by atoms with E-state index in [0.717, 1.165) is 0 Å². The number of nitrogens with one attached hydrogen (secondary N) is 1. The summed E-state index contributed by atoms with van der Waals surface area (Å²) in [5, 5.41) is 10.3. The van der Waals surface area contributed by atoms with Crippen LogP contribution in [0.1, 0.15) is 36.8 Å². The minimum absolute atomic E-state index is 0.0180. The molecule has 0 unspecified atom stereocenters. The lowest BCUT2D eigenvalue weighted by Gasteiger charge is -2.20. The highest BCUT2D eigenvalue weighted by Crippen LogP contribution is 2.34. The van der Waals surface area contributed by atoms with Gasteiger partial charge < -0.3 is 10.5 Å². The summed E-state index contributed by atoms with van der Waals surface area (Å²) in [4.78, 5) is 11.5. The molecule has 0 atom stereocenters. The number of rotatable bonds is 4. The van der Waals surface area contributed by atoms with E-state index in [0.29, 0.717) is 22.8 Å². The molecule has 0 aliphatic carbocycles. The Balaban J connectivity index is 2.00. The monoisotopic (exact) mass is 336 g/mol. The van der Waals surface area contributed by atoms with Crippen LogP contribution >= 0.6 is 0 Å². The van der Waals surface area contributed by atoms with Crippen molar-refractivity contribution in [2.24, 2.45) is 5.73 Å². The highest BCUT2D eigenvalue weighted by molar-refractivity contribution is 5.97. The smallest absolute Gasteiger partial charge is 0.271 e. The normalized spacial score (nSPS) is 11.3. The third kappa shape index (κ3) is 3.52. The van der Waals surface area contributed by atoms with E-state index >= 15 is 0 Å². The predicted molar refractivity (Wildman–Crippen MR) is 95.6 cm³/mol. The first-order chi connectivity index (χ1) is 11.9. The van der Waals surface area contributed by atoms with E-state index in [1.807, 2.05) is 42.5 Å². The second-order valence-electron chi connectivity index (χ2n) is 6.76. The van der Waals surface area contributed by atoms with E-state index in [2.05, 4.69) is 42.2 Å². The van der Waals surface area contributed by atoms with Crippen LogP contribution in [0, 0.1) is 0 Å². The number of nitrogens with two attached hydrogens (primary N) is 1. The van der Waals surface area contributed by atoms with E-state index in [4.69, 9.17) is 10.5 Å². The van der Waals surface area contributed by atoms with E-state index in [1.54, 1.807) is 0 Å². The predicted octanol–water partition coefficient (Wildman–Crippen LogP) is 3.66. The van der Waals surface area contributed by atoms with Crippen LogP contribution in [0.5, 0.6) is 11.5 Å². The summed E-state index contributed by atoms with van der Waals surface area (Å²) in [6.07, 6.45) is 0. The molecule has 3 aromatic rings. The number of amides is 1. The van der Waals surface area contributed by atoms with Crippen LogP contribution in [0.15, 0.2) is 48.5 Å². The van der Waals surface area contributed by atoms with Crippen LogP contribution in [0.2, 0.25) is 0 Å². The molecule has 3 N–H and O–H groups in total. The van der Waals surface area contributed by atoms with Gasteiger partial charge in [0.1, 0.15) is 17.2 Å². The van der Waals surface area contributed by atoms with Gasteiger partial charge in [-0.1, -0.05) is 45.0 Å². The standard InChI is InChI=1S/C19H20N4O2/c1-19(2,3)12-7-6-8-13(11-12)25-15-10-5-4-9-14(15)16-17(18(20)24)22-23-21-16/h4-11H,1-3H3,(H2,20,24)(H,21,22,23). The van der Waals surface area contributed by atoms with Crippen molar-refractivity contribution < 1.29 is 9.53 Å². The number of carbonyl (C=O) groups excluding carboxylic acids is 1. The molecule has 0 bridgehead atoms. The number of carbonyl (C=O) groups is 1. The maximum Gasteiger partial charge on any atom is 0.271 e. The highest BCUT2D eigenvalue weighted by Gasteiger charge is 2.19. The number of nitrogens with zero attached hydrogens (tertiary/aromatic N) is 2. The Morgan fingerprint density at radius 3 is 2.56 bits per heavy atom. The second-order valence-corrected chi connectivity index (χ2v) is 6.76. The van der Waals surface area contributed by atoms with Crippen molar-refractivity contribution in [1.29, 1.82) is 0 Å². The van der Waals surface area contributed by atoms with Gasteiger partial charge in [-0.3, -0.25) is 4.79 Å². The average Bonchev–Trinajstić information content (AvgIpc) is 3.04. The highest BCUT2D eigenvalue weighted by atomic mass is 16.5. The van der Waals surface area contributed by atoms with E-state index in [9.17, 15) is 4.79 Å². The molecule has 25 heavy (non-hydrogen) atoms.